The van der Waals surface area contributed by atoms with Gasteiger partial charge in [0.1, 0.15) is 0 Å². The molecule has 3 N–H and O–H groups in total. The van der Waals surface area contributed by atoms with Gasteiger partial charge in [0.15, 0.2) is 5.03 Å². The molecule has 1 aromatic rings. The van der Waals surface area contributed by atoms with Gasteiger partial charge in [-0.1, -0.05) is 20.8 Å². The van der Waals surface area contributed by atoms with Gasteiger partial charge in [0.05, 0.1) is 6.33 Å². The van der Waals surface area contributed by atoms with Crippen LogP contribution in [0.3, 0.4) is 0 Å². The Morgan fingerprint density at radius 2 is 2.11 bits per heavy atom. The molecule has 0 saturated heterocycles. The lowest BCUT2D eigenvalue weighted by Gasteiger charge is -2.23. The second-order valence-electron chi connectivity index (χ2n) is 5.75. The first-order valence-electron chi connectivity index (χ1n) is 5.83. The monoisotopic (exact) mass is 274 g/mol. The fourth-order valence-electron chi connectivity index (χ4n) is 1.68. The van der Waals surface area contributed by atoms with E-state index in [0.29, 0.717) is 0 Å². The summed E-state index contributed by atoms with van der Waals surface area (Å²) in [6, 6.07) is -0.205. The van der Waals surface area contributed by atoms with Gasteiger partial charge in [0, 0.05) is 25.8 Å². The summed E-state index contributed by atoms with van der Waals surface area (Å²) in [6.07, 6.45) is 3.65. The van der Waals surface area contributed by atoms with Crippen LogP contribution in [0.15, 0.2) is 17.6 Å². The van der Waals surface area contributed by atoms with Crippen LogP contribution in [-0.4, -0.2) is 30.6 Å². The third-order valence-corrected chi connectivity index (χ3v) is 3.67. The van der Waals surface area contributed by atoms with Crippen LogP contribution in [0.4, 0.5) is 0 Å². The third kappa shape index (κ3) is 4.75. The van der Waals surface area contributed by atoms with Crippen molar-refractivity contribution in [3.05, 3.63) is 12.5 Å². The quantitative estimate of drug-likeness (QED) is 0.816. The molecule has 7 heteroatoms. The number of nitrogens with two attached hydrogens (primary N) is 1. The van der Waals surface area contributed by atoms with E-state index in [2.05, 4.69) is 30.5 Å². The van der Waals surface area contributed by atoms with Crippen molar-refractivity contribution < 1.29 is 8.42 Å². The van der Waals surface area contributed by atoms with E-state index >= 15 is 0 Å². The zero-order valence-corrected chi connectivity index (χ0v) is 12.2. The molecule has 0 radical (unpaired) electrons. The fraction of sp³-hybridized carbons (Fsp3) is 0.727. The Labute approximate surface area is 109 Å². The predicted octanol–water partition coefficient (Wildman–Crippen LogP) is 0.462. The molecule has 1 rings (SSSR count). The maximum absolute atomic E-state index is 11.9. The molecule has 0 aliphatic carbocycles. The molecular weight excluding hydrogens is 252 g/mol. The van der Waals surface area contributed by atoms with Gasteiger partial charge in [-0.3, -0.25) is 0 Å². The van der Waals surface area contributed by atoms with Crippen molar-refractivity contribution in [1.82, 2.24) is 14.3 Å². The van der Waals surface area contributed by atoms with Crippen molar-refractivity contribution >= 4 is 10.0 Å². The van der Waals surface area contributed by atoms with Gasteiger partial charge in [0.25, 0.3) is 10.0 Å². The molecule has 104 valence electrons. The maximum atomic E-state index is 11.9. The van der Waals surface area contributed by atoms with E-state index in [1.807, 2.05) is 0 Å². The maximum Gasteiger partial charge on any atom is 0.259 e. The molecule has 0 aliphatic heterocycles. The summed E-state index contributed by atoms with van der Waals surface area (Å²) in [5.41, 5.74) is 5.98. The zero-order valence-electron chi connectivity index (χ0n) is 11.3. The van der Waals surface area contributed by atoms with Crippen LogP contribution in [0, 0.1) is 5.41 Å². The Hall–Kier alpha value is -0.920. The fourth-order valence-corrected chi connectivity index (χ4v) is 2.75. The van der Waals surface area contributed by atoms with E-state index in [1.54, 1.807) is 11.6 Å². The highest BCUT2D eigenvalue weighted by atomic mass is 32.2. The molecule has 0 amide bonds. The number of hydrogen-bond donors (Lipinski definition) is 2. The lowest BCUT2D eigenvalue weighted by molar-refractivity contribution is 0.338. The van der Waals surface area contributed by atoms with Crippen LogP contribution in [0.25, 0.3) is 0 Å². The first-order chi connectivity index (χ1) is 8.10. The van der Waals surface area contributed by atoms with Gasteiger partial charge in [-0.15, -0.1) is 0 Å². The minimum absolute atomic E-state index is 0.0213. The Bertz CT molecular complexity index is 487. The highest BCUT2D eigenvalue weighted by Crippen LogP contribution is 2.19. The smallest absolute Gasteiger partial charge is 0.259 e. The first-order valence-corrected chi connectivity index (χ1v) is 7.32. The van der Waals surface area contributed by atoms with Crippen LogP contribution in [0.2, 0.25) is 0 Å². The van der Waals surface area contributed by atoms with Gasteiger partial charge in [-0.05, 0) is 11.8 Å². The second-order valence-corrected chi connectivity index (χ2v) is 7.47. The summed E-state index contributed by atoms with van der Waals surface area (Å²) in [5.74, 6) is 0. The lowest BCUT2D eigenvalue weighted by Crippen LogP contribution is -2.39. The number of sulfonamides is 1. The summed E-state index contributed by atoms with van der Waals surface area (Å²) in [5, 5.41) is 0.0213. The van der Waals surface area contributed by atoms with Gasteiger partial charge in [-0.25, -0.2) is 18.1 Å². The minimum Gasteiger partial charge on any atom is -0.339 e. The highest BCUT2D eigenvalue weighted by Gasteiger charge is 2.20. The normalized spacial score (nSPS) is 14.7. The zero-order chi connectivity index (χ0) is 14.0. The number of rotatable bonds is 5. The minimum atomic E-state index is -3.55. The number of nitrogens with one attached hydrogen (secondary N) is 1. The van der Waals surface area contributed by atoms with Gasteiger partial charge < -0.3 is 10.3 Å². The highest BCUT2D eigenvalue weighted by molar-refractivity contribution is 7.89. The summed E-state index contributed by atoms with van der Waals surface area (Å²) >= 11 is 0. The molecule has 1 heterocycles. The van der Waals surface area contributed by atoms with Gasteiger partial charge in [-0.2, -0.15) is 0 Å². The van der Waals surface area contributed by atoms with E-state index in [9.17, 15) is 8.42 Å². The van der Waals surface area contributed by atoms with Crippen molar-refractivity contribution in [3.8, 4) is 0 Å². The SMILES string of the molecule is Cn1cnc(S(=O)(=O)NCC(N)CC(C)(C)C)c1. The third-order valence-electron chi connectivity index (χ3n) is 2.37. The molecule has 1 aromatic heterocycles. The van der Waals surface area contributed by atoms with Crippen LogP contribution in [0.1, 0.15) is 27.2 Å². The van der Waals surface area contributed by atoms with Gasteiger partial charge in [0.2, 0.25) is 0 Å². The number of imidazole rings is 1. The first kappa shape index (κ1) is 15.1. The Kier molecular flexibility index (Phi) is 4.52. The average Bonchev–Trinajstić information content (AvgIpc) is 2.60. The molecule has 0 bridgehead atoms. The Balaban J connectivity index is 2.58. The molecule has 1 atom stereocenters. The second kappa shape index (κ2) is 5.38. The van der Waals surface area contributed by atoms with Crippen molar-refractivity contribution in [2.24, 2.45) is 18.2 Å². The van der Waals surface area contributed by atoms with E-state index in [-0.39, 0.29) is 23.0 Å². The van der Waals surface area contributed by atoms with E-state index < -0.39 is 10.0 Å². The van der Waals surface area contributed by atoms with Crippen LogP contribution in [0.5, 0.6) is 0 Å². The van der Waals surface area contributed by atoms with Crippen LogP contribution < -0.4 is 10.5 Å². The molecule has 6 nitrogen and oxygen atoms in total. The molecule has 0 aliphatic rings. The lowest BCUT2D eigenvalue weighted by atomic mass is 9.88. The number of aryl methyl sites for hydroxylation is 1. The molecule has 1 unspecified atom stereocenters. The topological polar surface area (TPSA) is 90.0 Å². The molecule has 0 aromatic carbocycles. The van der Waals surface area contributed by atoms with Crippen molar-refractivity contribution in [1.29, 1.82) is 0 Å². The summed E-state index contributed by atoms with van der Waals surface area (Å²) in [7, 11) is -1.83. The van der Waals surface area contributed by atoms with Gasteiger partial charge >= 0.3 is 0 Å². The van der Waals surface area contributed by atoms with Crippen molar-refractivity contribution in [2.45, 2.75) is 38.3 Å². The van der Waals surface area contributed by atoms with E-state index in [4.69, 9.17) is 5.73 Å². The van der Waals surface area contributed by atoms with E-state index in [0.717, 1.165) is 6.42 Å². The summed E-state index contributed by atoms with van der Waals surface area (Å²) in [6.45, 7) is 6.43. The van der Waals surface area contributed by atoms with Crippen LogP contribution >= 0.6 is 0 Å². The molecule has 18 heavy (non-hydrogen) atoms. The molecule has 0 spiro atoms. The van der Waals surface area contributed by atoms with Crippen molar-refractivity contribution in [2.75, 3.05) is 6.54 Å². The van der Waals surface area contributed by atoms with Crippen LogP contribution in [-0.2, 0) is 17.1 Å². The standard InChI is InChI=1S/C11H22N4O2S/c1-11(2,3)5-9(12)6-14-18(16,17)10-7-15(4)8-13-10/h7-9,14H,5-6,12H2,1-4H3. The van der Waals surface area contributed by atoms with E-state index in [1.165, 1.54) is 12.5 Å². The number of nitrogens with zero attached hydrogens (tertiary/aromatic N) is 2. The summed E-state index contributed by atoms with van der Waals surface area (Å²) < 4.78 is 27.8. The number of hydrogen-bond acceptors (Lipinski definition) is 4. The Morgan fingerprint density at radius 1 is 1.50 bits per heavy atom. The number of aromatic nitrogens is 2. The predicted molar refractivity (Wildman–Crippen MR) is 70.4 cm³/mol. The van der Waals surface area contributed by atoms with Crippen molar-refractivity contribution in [3.63, 3.8) is 0 Å². The summed E-state index contributed by atoms with van der Waals surface area (Å²) in [4.78, 5) is 3.81. The molecule has 0 saturated carbocycles. The largest absolute Gasteiger partial charge is 0.339 e. The molecule has 0 fully saturated rings. The molecular formula is C11H22N4O2S. The Morgan fingerprint density at radius 3 is 2.56 bits per heavy atom. The average molecular weight is 274 g/mol.